The minimum atomic E-state index is -1.21. The smallest absolute Gasteiger partial charge is 0.322 e. The molecule has 4 fully saturated rings. The Kier molecular flexibility index (Phi) is 7.93. The summed E-state index contributed by atoms with van der Waals surface area (Å²) in [5.74, 6) is -1.57. The normalized spacial score (nSPS) is 40.4. The van der Waals surface area contributed by atoms with Crippen molar-refractivity contribution >= 4 is 23.7 Å². The molecule has 1 spiro atoms. The fourth-order valence-electron chi connectivity index (χ4n) is 13.2. The van der Waals surface area contributed by atoms with Crippen molar-refractivity contribution in [2.24, 2.45) is 45.8 Å². The van der Waals surface area contributed by atoms with Crippen molar-refractivity contribution in [3.8, 4) is 5.75 Å². The van der Waals surface area contributed by atoms with Crippen LogP contribution in [0.25, 0.3) is 0 Å². The Morgan fingerprint density at radius 1 is 0.959 bits per heavy atom. The second kappa shape index (κ2) is 11.3. The van der Waals surface area contributed by atoms with Crippen molar-refractivity contribution in [1.29, 1.82) is 0 Å². The monoisotopic (exact) mass is 672 g/mol. The number of aliphatic carboxylic acids is 1. The third-order valence-electron chi connectivity index (χ3n) is 15.4. The molecule has 0 bridgehead atoms. The van der Waals surface area contributed by atoms with Gasteiger partial charge in [0.2, 0.25) is 0 Å². The highest BCUT2D eigenvalue weighted by Gasteiger charge is 2.66. The van der Waals surface area contributed by atoms with Gasteiger partial charge in [-0.2, -0.15) is 0 Å². The number of allylic oxidation sites excluding steroid dienone is 1. The first-order valence-corrected chi connectivity index (χ1v) is 18.9. The Labute approximate surface area is 292 Å². The van der Waals surface area contributed by atoms with Crippen molar-refractivity contribution in [3.05, 3.63) is 41.0 Å². The Morgan fingerprint density at radius 3 is 2.31 bits per heavy atom. The standard InChI is InChI=1S/C42H56O7/c1-23-11-14-32-38(4,5)17-10-19-41(32,36(45)46)27(23)21-28-24(2)29(44)15-20-42(28)35-30(49-37(42)47)13-12-26-34(35)31(48-25(3)43)22-33-39(6,7)16-9-18-40(26,33)8/h12-13,23,27-28,31-33H,2,9-11,14-22H2,1,3-8H3,(H,45,46)/t23-,27+,28+,31?,32-,33+,40-,41+,42+/m1/s1. The molecule has 1 unspecified atom stereocenters. The number of rotatable bonds is 4. The number of hydrogen-bond acceptors (Lipinski definition) is 6. The quantitative estimate of drug-likeness (QED) is 0.194. The van der Waals surface area contributed by atoms with Crippen LogP contribution in [0.2, 0.25) is 0 Å². The van der Waals surface area contributed by atoms with Crippen molar-refractivity contribution in [2.75, 3.05) is 0 Å². The van der Waals surface area contributed by atoms with E-state index in [1.165, 1.54) is 6.92 Å². The lowest BCUT2D eigenvalue weighted by molar-refractivity contribution is -0.181. The zero-order chi connectivity index (χ0) is 35.5. The highest BCUT2D eigenvalue weighted by Crippen LogP contribution is 2.67. The van der Waals surface area contributed by atoms with E-state index in [-0.39, 0.29) is 70.5 Å². The number of ketones is 1. The first-order valence-electron chi connectivity index (χ1n) is 18.9. The van der Waals surface area contributed by atoms with Crippen LogP contribution in [0.5, 0.6) is 5.75 Å². The van der Waals surface area contributed by atoms with E-state index in [0.29, 0.717) is 30.6 Å². The fraction of sp³-hybridized carbons (Fsp3) is 0.714. The van der Waals surface area contributed by atoms with Crippen LogP contribution in [0, 0.1) is 45.8 Å². The molecule has 1 N–H and O–H groups in total. The number of carbonyl (C=O) groups is 4. The molecule has 0 saturated heterocycles. The molecular formula is C42H56O7. The predicted octanol–water partition coefficient (Wildman–Crippen LogP) is 8.80. The van der Waals surface area contributed by atoms with E-state index >= 15 is 0 Å². The van der Waals surface area contributed by atoms with Gasteiger partial charge in [-0.25, -0.2) is 0 Å². The lowest BCUT2D eigenvalue weighted by atomic mass is 9.43. The summed E-state index contributed by atoms with van der Waals surface area (Å²) in [6.45, 7) is 19.4. The number of benzene rings is 1. The second-order valence-electron chi connectivity index (χ2n) is 18.5. The van der Waals surface area contributed by atoms with Gasteiger partial charge in [0.25, 0.3) is 0 Å². The number of ether oxygens (including phenoxy) is 2. The van der Waals surface area contributed by atoms with Gasteiger partial charge in [-0.05, 0) is 108 Å². The summed E-state index contributed by atoms with van der Waals surface area (Å²) < 4.78 is 12.4. The number of fused-ring (bicyclic) bond motifs is 7. The van der Waals surface area contributed by atoms with Gasteiger partial charge >= 0.3 is 17.9 Å². The molecule has 4 saturated carbocycles. The molecular weight excluding hydrogens is 616 g/mol. The first-order chi connectivity index (χ1) is 22.9. The van der Waals surface area contributed by atoms with Gasteiger partial charge in [0.05, 0.1) is 5.41 Å². The number of esters is 2. The summed E-state index contributed by atoms with van der Waals surface area (Å²) >= 11 is 0. The molecule has 7 rings (SSSR count). The molecule has 0 aromatic heterocycles. The highest BCUT2D eigenvalue weighted by atomic mass is 16.5. The van der Waals surface area contributed by atoms with Crippen LogP contribution in [-0.2, 0) is 34.7 Å². The van der Waals surface area contributed by atoms with Gasteiger partial charge in [-0.15, -0.1) is 0 Å². The van der Waals surface area contributed by atoms with E-state index in [9.17, 15) is 24.3 Å². The topological polar surface area (TPSA) is 107 Å². The van der Waals surface area contributed by atoms with Gasteiger partial charge in [-0.1, -0.05) is 73.5 Å². The van der Waals surface area contributed by atoms with E-state index in [1.807, 2.05) is 6.07 Å². The van der Waals surface area contributed by atoms with E-state index in [4.69, 9.17) is 9.47 Å². The van der Waals surface area contributed by atoms with Gasteiger partial charge < -0.3 is 14.6 Å². The minimum absolute atomic E-state index is 0.00594. The number of carboxylic acids is 1. The zero-order valence-electron chi connectivity index (χ0n) is 30.7. The Hall–Kier alpha value is -2.96. The van der Waals surface area contributed by atoms with E-state index < -0.39 is 28.8 Å². The van der Waals surface area contributed by atoms with Crippen LogP contribution in [0.15, 0.2) is 24.3 Å². The molecule has 1 aromatic carbocycles. The molecule has 0 radical (unpaired) electrons. The molecule has 6 aliphatic rings. The van der Waals surface area contributed by atoms with Gasteiger partial charge in [0, 0.05) is 30.4 Å². The lowest BCUT2D eigenvalue weighted by Gasteiger charge is -2.59. The molecule has 7 heteroatoms. The average Bonchev–Trinajstić information content (AvgIpc) is 3.29. The molecule has 5 aliphatic carbocycles. The van der Waals surface area contributed by atoms with E-state index in [2.05, 4.69) is 54.2 Å². The average molecular weight is 673 g/mol. The molecule has 1 heterocycles. The maximum Gasteiger partial charge on any atom is 0.322 e. The second-order valence-corrected chi connectivity index (χ2v) is 18.5. The van der Waals surface area contributed by atoms with Gasteiger partial charge in [0.15, 0.2) is 5.78 Å². The predicted molar refractivity (Wildman–Crippen MR) is 186 cm³/mol. The number of carboxylic acid groups (broad SMARTS) is 1. The Bertz CT molecular complexity index is 1630. The fourth-order valence-corrected chi connectivity index (χ4v) is 13.2. The number of hydrogen-bond donors (Lipinski definition) is 1. The van der Waals surface area contributed by atoms with Crippen LogP contribution in [0.1, 0.15) is 148 Å². The third kappa shape index (κ3) is 4.71. The maximum absolute atomic E-state index is 14.7. The summed E-state index contributed by atoms with van der Waals surface area (Å²) in [5, 5.41) is 11.2. The van der Waals surface area contributed by atoms with Crippen LogP contribution < -0.4 is 4.74 Å². The van der Waals surface area contributed by atoms with E-state index in [1.54, 1.807) is 0 Å². The minimum Gasteiger partial charge on any atom is -0.481 e. The maximum atomic E-state index is 14.7. The van der Waals surface area contributed by atoms with Gasteiger partial charge in [0.1, 0.15) is 17.3 Å². The molecule has 7 nitrogen and oxygen atoms in total. The molecule has 1 aliphatic heterocycles. The Morgan fingerprint density at radius 2 is 1.63 bits per heavy atom. The van der Waals surface area contributed by atoms with Crippen LogP contribution in [0.4, 0.5) is 0 Å². The molecule has 9 atom stereocenters. The molecule has 1 aromatic rings. The third-order valence-corrected chi connectivity index (χ3v) is 15.4. The van der Waals surface area contributed by atoms with Gasteiger partial charge in [-0.3, -0.25) is 19.2 Å². The summed E-state index contributed by atoms with van der Waals surface area (Å²) in [4.78, 5) is 54.7. The highest BCUT2D eigenvalue weighted by molar-refractivity contribution is 6.02. The molecule has 266 valence electrons. The molecule has 49 heavy (non-hydrogen) atoms. The zero-order valence-corrected chi connectivity index (χ0v) is 30.7. The number of Topliss-reactive ketones (excluding diaryl/α,β-unsaturated/α-hetero) is 1. The van der Waals surface area contributed by atoms with Crippen molar-refractivity contribution in [3.63, 3.8) is 0 Å². The van der Waals surface area contributed by atoms with Crippen molar-refractivity contribution < 1.29 is 33.8 Å². The van der Waals surface area contributed by atoms with Crippen molar-refractivity contribution in [2.45, 2.75) is 142 Å². The largest absolute Gasteiger partial charge is 0.481 e. The van der Waals surface area contributed by atoms with E-state index in [0.717, 1.165) is 61.6 Å². The summed E-state index contributed by atoms with van der Waals surface area (Å²) in [7, 11) is 0. The SMILES string of the molecule is C=C1C(=O)CC[C@]2(C(=O)Oc3ccc4c(c32)C(OC(C)=O)C[C@H]2C(C)(C)CCC[C@]42C)[C@H]1C[C@H]1[C@H](C)CC[C@@H]2C(C)(C)CCC[C@@]21C(=O)O. The first kappa shape index (κ1) is 34.5. The van der Waals surface area contributed by atoms with Crippen LogP contribution in [-0.4, -0.2) is 28.8 Å². The van der Waals surface area contributed by atoms with Crippen molar-refractivity contribution in [1.82, 2.24) is 0 Å². The number of carbonyl (C=O) groups excluding carboxylic acids is 3. The van der Waals surface area contributed by atoms with Crippen LogP contribution >= 0.6 is 0 Å². The Balaban J connectivity index is 1.43. The summed E-state index contributed by atoms with van der Waals surface area (Å²) in [6, 6.07) is 4.03. The lowest BCUT2D eigenvalue weighted by Crippen LogP contribution is -2.58. The molecule has 0 amide bonds. The van der Waals surface area contributed by atoms with Crippen LogP contribution in [0.3, 0.4) is 0 Å². The summed E-state index contributed by atoms with van der Waals surface area (Å²) in [5.41, 5.74) is 0.710. The summed E-state index contributed by atoms with van der Waals surface area (Å²) in [6.07, 6.45) is 8.30.